The minimum atomic E-state index is 0.461. The fourth-order valence-corrected chi connectivity index (χ4v) is 1.16. The van der Waals surface area contributed by atoms with Crippen LogP contribution in [0.4, 0.5) is 0 Å². The molecule has 0 aliphatic rings. The average molecular weight is 213 g/mol. The molecule has 0 aliphatic carbocycles. The van der Waals surface area contributed by atoms with Crippen molar-refractivity contribution in [2.45, 2.75) is 53.0 Å². The van der Waals surface area contributed by atoms with E-state index in [2.05, 4.69) is 43.3 Å². The van der Waals surface area contributed by atoms with E-state index in [-0.39, 0.29) is 0 Å². The molecule has 0 heterocycles. The standard InChI is InChI=1S/C12H27N3/c1-6-7-8-9-14-12(13-5)15-11(4)10(2)3/h10-11H,6-9H2,1-5H3,(H2,13,14,15). The normalized spacial score (nSPS) is 14.1. The van der Waals surface area contributed by atoms with Crippen LogP contribution in [0.5, 0.6) is 0 Å². The van der Waals surface area contributed by atoms with Crippen LogP contribution in [-0.4, -0.2) is 25.6 Å². The van der Waals surface area contributed by atoms with E-state index < -0.39 is 0 Å². The summed E-state index contributed by atoms with van der Waals surface area (Å²) in [5.74, 6) is 1.55. The molecule has 0 saturated heterocycles. The summed E-state index contributed by atoms with van der Waals surface area (Å²) in [6.45, 7) is 9.83. The van der Waals surface area contributed by atoms with Gasteiger partial charge in [-0.2, -0.15) is 0 Å². The van der Waals surface area contributed by atoms with E-state index in [0.29, 0.717) is 12.0 Å². The lowest BCUT2D eigenvalue weighted by molar-refractivity contribution is 0.480. The van der Waals surface area contributed by atoms with Crippen molar-refractivity contribution in [1.82, 2.24) is 10.6 Å². The molecule has 1 unspecified atom stereocenters. The maximum absolute atomic E-state index is 4.20. The largest absolute Gasteiger partial charge is 0.356 e. The second-order valence-electron chi connectivity index (χ2n) is 4.38. The van der Waals surface area contributed by atoms with Crippen LogP contribution in [0, 0.1) is 5.92 Å². The van der Waals surface area contributed by atoms with Crippen LogP contribution < -0.4 is 10.6 Å². The molecule has 0 radical (unpaired) electrons. The van der Waals surface area contributed by atoms with Crippen molar-refractivity contribution in [3.8, 4) is 0 Å². The number of nitrogens with one attached hydrogen (secondary N) is 2. The summed E-state index contributed by atoms with van der Waals surface area (Å²) in [6, 6.07) is 0.461. The minimum absolute atomic E-state index is 0.461. The fourth-order valence-electron chi connectivity index (χ4n) is 1.16. The third kappa shape index (κ3) is 7.23. The van der Waals surface area contributed by atoms with Crippen LogP contribution in [0.15, 0.2) is 4.99 Å². The predicted molar refractivity (Wildman–Crippen MR) is 68.3 cm³/mol. The van der Waals surface area contributed by atoms with Crippen molar-refractivity contribution in [1.29, 1.82) is 0 Å². The van der Waals surface area contributed by atoms with Gasteiger partial charge in [-0.15, -0.1) is 0 Å². The topological polar surface area (TPSA) is 36.4 Å². The summed E-state index contributed by atoms with van der Waals surface area (Å²) >= 11 is 0. The van der Waals surface area contributed by atoms with Crippen LogP contribution in [0.25, 0.3) is 0 Å². The zero-order valence-electron chi connectivity index (χ0n) is 10.9. The first-order chi connectivity index (χ1) is 7.11. The second kappa shape index (κ2) is 8.57. The molecule has 1 atom stereocenters. The van der Waals surface area contributed by atoms with Crippen LogP contribution in [0.2, 0.25) is 0 Å². The lowest BCUT2D eigenvalue weighted by Crippen LogP contribution is -2.44. The van der Waals surface area contributed by atoms with Crippen LogP contribution >= 0.6 is 0 Å². The van der Waals surface area contributed by atoms with Gasteiger partial charge in [0, 0.05) is 19.6 Å². The van der Waals surface area contributed by atoms with E-state index in [4.69, 9.17) is 0 Å². The lowest BCUT2D eigenvalue weighted by Gasteiger charge is -2.20. The van der Waals surface area contributed by atoms with Crippen molar-refractivity contribution in [3.63, 3.8) is 0 Å². The van der Waals surface area contributed by atoms with E-state index in [1.165, 1.54) is 19.3 Å². The van der Waals surface area contributed by atoms with Gasteiger partial charge in [0.05, 0.1) is 0 Å². The number of guanidine groups is 1. The van der Waals surface area contributed by atoms with Crippen molar-refractivity contribution in [2.24, 2.45) is 10.9 Å². The highest BCUT2D eigenvalue weighted by molar-refractivity contribution is 5.79. The third-order valence-corrected chi connectivity index (χ3v) is 2.66. The second-order valence-corrected chi connectivity index (χ2v) is 4.38. The molecule has 2 N–H and O–H groups in total. The molecule has 90 valence electrons. The Bertz CT molecular complexity index is 176. The Morgan fingerprint density at radius 2 is 1.87 bits per heavy atom. The Balaban J connectivity index is 3.74. The van der Waals surface area contributed by atoms with Gasteiger partial charge >= 0.3 is 0 Å². The Labute approximate surface area is 94.7 Å². The van der Waals surface area contributed by atoms with Crippen molar-refractivity contribution in [3.05, 3.63) is 0 Å². The van der Waals surface area contributed by atoms with E-state index in [1.54, 1.807) is 0 Å². The molecule has 0 amide bonds. The number of aliphatic imine (C=N–C) groups is 1. The first-order valence-corrected chi connectivity index (χ1v) is 6.09. The highest BCUT2D eigenvalue weighted by Crippen LogP contribution is 1.99. The van der Waals surface area contributed by atoms with Crippen molar-refractivity contribution < 1.29 is 0 Å². The third-order valence-electron chi connectivity index (χ3n) is 2.66. The summed E-state index contributed by atoms with van der Waals surface area (Å²) in [5, 5.41) is 6.71. The maximum atomic E-state index is 4.20. The number of unbranched alkanes of at least 4 members (excludes halogenated alkanes) is 2. The van der Waals surface area contributed by atoms with E-state index >= 15 is 0 Å². The Morgan fingerprint density at radius 1 is 1.20 bits per heavy atom. The highest BCUT2D eigenvalue weighted by Gasteiger charge is 2.07. The number of nitrogens with zero attached hydrogens (tertiary/aromatic N) is 1. The molecule has 3 nitrogen and oxygen atoms in total. The van der Waals surface area contributed by atoms with Gasteiger partial charge in [0.25, 0.3) is 0 Å². The van der Waals surface area contributed by atoms with Crippen LogP contribution in [-0.2, 0) is 0 Å². The van der Waals surface area contributed by atoms with Gasteiger partial charge in [0.2, 0.25) is 0 Å². The molecule has 0 bridgehead atoms. The molecule has 0 aromatic carbocycles. The minimum Gasteiger partial charge on any atom is -0.356 e. The summed E-state index contributed by atoms with van der Waals surface area (Å²) in [7, 11) is 1.82. The SMILES string of the molecule is CCCCCNC(=NC)NC(C)C(C)C. The Hall–Kier alpha value is -0.730. The highest BCUT2D eigenvalue weighted by atomic mass is 15.2. The predicted octanol–water partition coefficient (Wildman–Crippen LogP) is 2.39. The molecule has 15 heavy (non-hydrogen) atoms. The fraction of sp³-hybridized carbons (Fsp3) is 0.917. The quantitative estimate of drug-likeness (QED) is 0.404. The molecule has 0 aromatic heterocycles. The molecule has 3 heteroatoms. The molecule has 0 fully saturated rings. The first-order valence-electron chi connectivity index (χ1n) is 6.09. The molecular weight excluding hydrogens is 186 g/mol. The van der Waals surface area contributed by atoms with E-state index in [1.807, 2.05) is 7.05 Å². The van der Waals surface area contributed by atoms with Gasteiger partial charge in [-0.05, 0) is 19.3 Å². The summed E-state index contributed by atoms with van der Waals surface area (Å²) < 4.78 is 0. The molecule has 0 aromatic rings. The number of hydrogen-bond donors (Lipinski definition) is 2. The van der Waals surface area contributed by atoms with Crippen molar-refractivity contribution >= 4 is 5.96 Å². The molecule has 0 aliphatic heterocycles. The summed E-state index contributed by atoms with van der Waals surface area (Å²) in [5.41, 5.74) is 0. The van der Waals surface area contributed by atoms with Crippen LogP contribution in [0.1, 0.15) is 47.0 Å². The molecule has 0 saturated carbocycles. The van der Waals surface area contributed by atoms with E-state index in [9.17, 15) is 0 Å². The average Bonchev–Trinajstić information content (AvgIpc) is 2.22. The Morgan fingerprint density at radius 3 is 2.33 bits per heavy atom. The molecule has 0 rings (SSSR count). The summed E-state index contributed by atoms with van der Waals surface area (Å²) in [6.07, 6.45) is 3.76. The lowest BCUT2D eigenvalue weighted by atomic mass is 10.1. The molecule has 0 spiro atoms. The van der Waals surface area contributed by atoms with Gasteiger partial charge in [0.15, 0.2) is 5.96 Å². The van der Waals surface area contributed by atoms with Crippen LogP contribution in [0.3, 0.4) is 0 Å². The first kappa shape index (κ1) is 14.3. The zero-order chi connectivity index (χ0) is 11.7. The van der Waals surface area contributed by atoms with Gasteiger partial charge in [-0.1, -0.05) is 33.6 Å². The monoisotopic (exact) mass is 213 g/mol. The summed E-state index contributed by atoms with van der Waals surface area (Å²) in [4.78, 5) is 4.20. The maximum Gasteiger partial charge on any atom is 0.191 e. The van der Waals surface area contributed by atoms with E-state index in [0.717, 1.165) is 12.5 Å². The molecular formula is C12H27N3. The van der Waals surface area contributed by atoms with Gasteiger partial charge in [-0.25, -0.2) is 0 Å². The van der Waals surface area contributed by atoms with Gasteiger partial charge in [0.1, 0.15) is 0 Å². The van der Waals surface area contributed by atoms with Gasteiger partial charge in [-0.3, -0.25) is 4.99 Å². The van der Waals surface area contributed by atoms with Crippen molar-refractivity contribution in [2.75, 3.05) is 13.6 Å². The Kier molecular flexibility index (Phi) is 8.15. The number of rotatable bonds is 6. The smallest absolute Gasteiger partial charge is 0.191 e. The zero-order valence-corrected chi connectivity index (χ0v) is 10.9. The van der Waals surface area contributed by atoms with Gasteiger partial charge < -0.3 is 10.6 Å². The number of hydrogen-bond acceptors (Lipinski definition) is 1.